The molecule has 0 aliphatic carbocycles. The molecular weight excluding hydrogens is 686 g/mol. The highest BCUT2D eigenvalue weighted by Gasteiger charge is 2.37. The third kappa shape index (κ3) is 9.34. The van der Waals surface area contributed by atoms with Gasteiger partial charge in [0.1, 0.15) is 0 Å². The number of benzene rings is 5. The lowest BCUT2D eigenvalue weighted by molar-refractivity contribution is -0.253. The fourth-order valence-electron chi connectivity index (χ4n) is 7.27. The van der Waals surface area contributed by atoms with Gasteiger partial charge >= 0.3 is 6.03 Å². The zero-order valence-electron chi connectivity index (χ0n) is 29.7. The van der Waals surface area contributed by atoms with Gasteiger partial charge in [-0.3, -0.25) is 0 Å². The van der Waals surface area contributed by atoms with Gasteiger partial charge in [-0.1, -0.05) is 127 Å². The van der Waals surface area contributed by atoms with Gasteiger partial charge in [-0.2, -0.15) is 0 Å². The summed E-state index contributed by atoms with van der Waals surface area (Å²) in [5.41, 5.74) is 6.97. The average Bonchev–Trinajstić information content (AvgIpc) is 3.21. The monoisotopic (exact) mass is 731 g/mol. The highest BCUT2D eigenvalue weighted by atomic mass is 35.5. The molecule has 4 N–H and O–H groups in total. The number of amides is 2. The summed E-state index contributed by atoms with van der Waals surface area (Å²) in [5.74, 6) is 0. The smallest absolute Gasteiger partial charge is 0.315 e. The van der Waals surface area contributed by atoms with Crippen molar-refractivity contribution in [2.24, 2.45) is 0 Å². The topological polar surface area (TPSA) is 103 Å². The number of hydrogen-bond donors (Lipinski definition) is 4. The number of hydrogen-bond acceptors (Lipinski definition) is 6. The fraction of sp³-hybridized carbons (Fsp3) is 0.295. The third-order valence-corrected chi connectivity index (χ3v) is 10.6. The van der Waals surface area contributed by atoms with E-state index in [2.05, 4.69) is 45.9 Å². The van der Waals surface area contributed by atoms with E-state index in [9.17, 15) is 15.0 Å². The molecule has 53 heavy (non-hydrogen) atoms. The number of ether oxygens (including phenoxy) is 2. The summed E-state index contributed by atoms with van der Waals surface area (Å²) in [6, 6.07) is 41.4. The van der Waals surface area contributed by atoms with Gasteiger partial charge in [0.15, 0.2) is 6.29 Å². The molecule has 3 atom stereocenters. The van der Waals surface area contributed by atoms with E-state index >= 15 is 0 Å². The Hall–Kier alpha value is -4.54. The standard InChI is InChI=1S/C44H46ClN3O5/c45-38-20-18-37(19-21-38)44(51)22-24-48(25-23-44)29-39-26-41(34-12-10-32(30-49)11-13-34)53-42(52-39)35-16-14-33(15-17-35)40-9-5-4-8-36(40)28-47-43(50)46-27-31-6-2-1-3-7-31/h1-21,39,41-42,49,51H,22-30H2,(H2,46,47,50)/t39-,41+,42+/m1/s1. The first kappa shape index (κ1) is 36.8. The molecule has 2 saturated heterocycles. The molecule has 0 unspecified atom stereocenters. The predicted octanol–water partition coefficient (Wildman–Crippen LogP) is 8.03. The van der Waals surface area contributed by atoms with Crippen molar-refractivity contribution in [1.29, 1.82) is 0 Å². The molecule has 2 heterocycles. The Morgan fingerprint density at radius 3 is 2.13 bits per heavy atom. The summed E-state index contributed by atoms with van der Waals surface area (Å²) in [4.78, 5) is 15.0. The van der Waals surface area contributed by atoms with E-state index in [4.69, 9.17) is 21.1 Å². The number of aliphatic hydroxyl groups is 2. The summed E-state index contributed by atoms with van der Waals surface area (Å²) in [5, 5.41) is 27.7. The lowest BCUT2D eigenvalue weighted by atomic mass is 9.84. The zero-order valence-corrected chi connectivity index (χ0v) is 30.4. The SMILES string of the molecule is O=C(NCc1ccccc1)NCc1ccccc1-c1ccc([C@H]2O[C@@H](CN3CCC(O)(c4ccc(Cl)cc4)CC3)C[C@@H](c3ccc(CO)cc3)O2)cc1. The second-order valence-corrected chi connectivity index (χ2v) is 14.4. The zero-order chi connectivity index (χ0) is 36.6. The van der Waals surface area contributed by atoms with Crippen molar-refractivity contribution >= 4 is 17.6 Å². The van der Waals surface area contributed by atoms with Gasteiger partial charge in [0, 0.05) is 49.7 Å². The molecule has 0 bridgehead atoms. The summed E-state index contributed by atoms with van der Waals surface area (Å²) in [7, 11) is 0. The molecule has 2 fully saturated rings. The number of halogens is 1. The van der Waals surface area contributed by atoms with Gasteiger partial charge in [0.25, 0.3) is 0 Å². The van der Waals surface area contributed by atoms with Crippen LogP contribution in [0, 0.1) is 0 Å². The van der Waals surface area contributed by atoms with Crippen LogP contribution < -0.4 is 10.6 Å². The molecule has 2 aliphatic rings. The summed E-state index contributed by atoms with van der Waals surface area (Å²) < 4.78 is 13.3. The quantitative estimate of drug-likeness (QED) is 0.110. The van der Waals surface area contributed by atoms with E-state index in [-0.39, 0.29) is 24.8 Å². The minimum absolute atomic E-state index is 0.00944. The van der Waals surface area contributed by atoms with E-state index in [0.717, 1.165) is 64.1 Å². The van der Waals surface area contributed by atoms with Crippen molar-refractivity contribution in [1.82, 2.24) is 15.5 Å². The molecule has 5 aromatic carbocycles. The number of urea groups is 1. The van der Waals surface area contributed by atoms with E-state index in [0.29, 0.717) is 37.4 Å². The van der Waals surface area contributed by atoms with Crippen molar-refractivity contribution in [2.45, 2.75) is 63.1 Å². The molecule has 0 radical (unpaired) electrons. The van der Waals surface area contributed by atoms with Crippen LogP contribution in [0.15, 0.2) is 127 Å². The van der Waals surface area contributed by atoms with Crippen LogP contribution in [0.2, 0.25) is 5.02 Å². The minimum atomic E-state index is -0.873. The molecule has 0 saturated carbocycles. The van der Waals surface area contributed by atoms with Gasteiger partial charge in [-0.25, -0.2) is 4.79 Å². The number of likely N-dealkylation sites (tertiary alicyclic amines) is 1. The van der Waals surface area contributed by atoms with E-state index in [1.54, 1.807) is 0 Å². The highest BCUT2D eigenvalue weighted by molar-refractivity contribution is 6.30. The molecule has 7 rings (SSSR count). The molecule has 0 spiro atoms. The molecule has 274 valence electrons. The normalized spacial score (nSPS) is 20.1. The van der Waals surface area contributed by atoms with Crippen LogP contribution in [0.4, 0.5) is 4.79 Å². The Bertz CT molecular complexity index is 1930. The molecule has 8 nitrogen and oxygen atoms in total. The van der Waals surface area contributed by atoms with Crippen LogP contribution in [0.1, 0.15) is 65.0 Å². The Kier molecular flexibility index (Phi) is 11.9. The van der Waals surface area contributed by atoms with Crippen LogP contribution in [0.5, 0.6) is 0 Å². The average molecular weight is 732 g/mol. The Morgan fingerprint density at radius 1 is 0.755 bits per heavy atom. The second-order valence-electron chi connectivity index (χ2n) is 14.0. The van der Waals surface area contributed by atoms with Gasteiger partial charge in [-0.15, -0.1) is 0 Å². The number of nitrogens with one attached hydrogen (secondary N) is 2. The third-order valence-electron chi connectivity index (χ3n) is 10.4. The Morgan fingerprint density at radius 2 is 1.42 bits per heavy atom. The first-order valence-electron chi connectivity index (χ1n) is 18.3. The first-order valence-corrected chi connectivity index (χ1v) is 18.7. The fourth-order valence-corrected chi connectivity index (χ4v) is 7.39. The van der Waals surface area contributed by atoms with Crippen molar-refractivity contribution in [2.75, 3.05) is 19.6 Å². The molecule has 2 amide bonds. The van der Waals surface area contributed by atoms with Gasteiger partial charge in [-0.05, 0) is 63.9 Å². The second kappa shape index (κ2) is 17.1. The van der Waals surface area contributed by atoms with E-state index < -0.39 is 11.9 Å². The molecule has 9 heteroatoms. The lowest BCUT2D eigenvalue weighted by Crippen LogP contribution is -2.46. The maximum atomic E-state index is 12.6. The number of aliphatic hydroxyl groups excluding tert-OH is 1. The first-order chi connectivity index (χ1) is 25.8. The van der Waals surface area contributed by atoms with Crippen molar-refractivity contribution in [3.8, 4) is 11.1 Å². The van der Waals surface area contributed by atoms with E-state index in [1.165, 1.54) is 0 Å². The summed E-state index contributed by atoms with van der Waals surface area (Å²) >= 11 is 6.10. The van der Waals surface area contributed by atoms with Crippen molar-refractivity contribution in [3.05, 3.63) is 166 Å². The molecule has 2 aliphatic heterocycles. The van der Waals surface area contributed by atoms with E-state index in [1.807, 2.05) is 97.1 Å². The molecular formula is C44H46ClN3O5. The van der Waals surface area contributed by atoms with Gasteiger partial charge in [0.2, 0.25) is 0 Å². The van der Waals surface area contributed by atoms with Crippen LogP contribution in [0.3, 0.4) is 0 Å². The van der Waals surface area contributed by atoms with Crippen molar-refractivity contribution in [3.63, 3.8) is 0 Å². The highest BCUT2D eigenvalue weighted by Crippen LogP contribution is 2.40. The minimum Gasteiger partial charge on any atom is -0.392 e. The van der Waals surface area contributed by atoms with Crippen molar-refractivity contribution < 1.29 is 24.5 Å². The number of nitrogens with zero attached hydrogens (tertiary/aromatic N) is 1. The van der Waals surface area contributed by atoms with Gasteiger partial charge in [0.05, 0.1) is 24.4 Å². The maximum absolute atomic E-state index is 12.6. The lowest BCUT2D eigenvalue weighted by Gasteiger charge is -2.42. The summed E-state index contributed by atoms with van der Waals surface area (Å²) in [6.07, 6.45) is 1.07. The van der Waals surface area contributed by atoms with Gasteiger partial charge < -0.3 is 35.2 Å². The van der Waals surface area contributed by atoms with Crippen LogP contribution in [-0.2, 0) is 34.8 Å². The Labute approximate surface area is 316 Å². The number of carbonyl (C=O) groups is 1. The maximum Gasteiger partial charge on any atom is 0.315 e. The number of piperidine rings is 1. The number of rotatable bonds is 11. The van der Waals surface area contributed by atoms with Crippen LogP contribution in [-0.4, -0.2) is 46.9 Å². The summed E-state index contributed by atoms with van der Waals surface area (Å²) in [6.45, 7) is 3.06. The van der Waals surface area contributed by atoms with Crippen LogP contribution in [0.25, 0.3) is 11.1 Å². The predicted molar refractivity (Wildman–Crippen MR) is 207 cm³/mol. The number of carbonyl (C=O) groups excluding carboxylic acids is 1. The molecule has 5 aromatic rings. The largest absolute Gasteiger partial charge is 0.392 e. The Balaban J connectivity index is 1.02. The molecule has 0 aromatic heterocycles. The van der Waals surface area contributed by atoms with Crippen LogP contribution >= 0.6 is 11.6 Å².